The molecule has 0 fully saturated rings. The number of hydrogen-bond donors (Lipinski definition) is 1. The zero-order chi connectivity index (χ0) is 24.4. The summed E-state index contributed by atoms with van der Waals surface area (Å²) in [5.74, 6) is 0.239. The van der Waals surface area contributed by atoms with E-state index in [1.54, 1.807) is 55.7 Å². The van der Waals surface area contributed by atoms with Gasteiger partial charge in [0.05, 0.1) is 5.56 Å². The van der Waals surface area contributed by atoms with Gasteiger partial charge in [0, 0.05) is 46.9 Å². The normalized spacial score (nSPS) is 11.2. The van der Waals surface area contributed by atoms with Crippen LogP contribution in [0.5, 0.6) is 0 Å². The highest BCUT2D eigenvalue weighted by Crippen LogP contribution is 2.34. The van der Waals surface area contributed by atoms with E-state index in [2.05, 4.69) is 15.0 Å². The summed E-state index contributed by atoms with van der Waals surface area (Å²) in [7, 11) is 0. The van der Waals surface area contributed by atoms with Crippen LogP contribution in [0, 0.1) is 6.92 Å². The Balaban J connectivity index is 1.75. The van der Waals surface area contributed by atoms with Crippen LogP contribution < -0.4 is 5.56 Å². The lowest BCUT2D eigenvalue weighted by Crippen LogP contribution is -2.18. The van der Waals surface area contributed by atoms with Gasteiger partial charge in [-0.3, -0.25) is 19.4 Å². The number of carbonyl (C=O) groups excluding carboxylic acids is 2. The number of allylic oxidation sites excluding steroid dienone is 1. The average Bonchev–Trinajstić information content (AvgIpc) is 3.28. The number of pyridine rings is 2. The smallest absolute Gasteiger partial charge is 0.260 e. The Hall–Kier alpha value is -4.91. The third-order valence-corrected chi connectivity index (χ3v) is 5.57. The van der Waals surface area contributed by atoms with Gasteiger partial charge in [-0.2, -0.15) is 0 Å². The highest BCUT2D eigenvalue weighted by molar-refractivity contribution is 6.15. The van der Waals surface area contributed by atoms with Gasteiger partial charge in [-0.05, 0) is 35.9 Å². The van der Waals surface area contributed by atoms with Crippen LogP contribution in [0.3, 0.4) is 0 Å². The fourth-order valence-corrected chi connectivity index (χ4v) is 4.03. The summed E-state index contributed by atoms with van der Waals surface area (Å²) in [5, 5.41) is 0.609. The number of aromatic nitrogens is 3. The van der Waals surface area contributed by atoms with Crippen molar-refractivity contribution in [2.24, 2.45) is 0 Å². The maximum Gasteiger partial charge on any atom is 0.260 e. The number of ketones is 1. The molecule has 0 radical (unpaired) electrons. The molecule has 0 saturated heterocycles. The molecule has 0 atom stereocenters. The van der Waals surface area contributed by atoms with Crippen LogP contribution in [0.2, 0.25) is 0 Å². The number of oxazole rings is 1. The first-order chi connectivity index (χ1) is 17.0. The number of nitrogens with zero attached hydrogens (tertiary/aromatic N) is 2. The van der Waals surface area contributed by atoms with E-state index in [4.69, 9.17) is 4.42 Å². The third-order valence-electron chi connectivity index (χ3n) is 5.57. The van der Waals surface area contributed by atoms with Crippen molar-refractivity contribution < 1.29 is 14.0 Å². The summed E-state index contributed by atoms with van der Waals surface area (Å²) in [6, 6.07) is 18.1. The number of aromatic amines is 1. The van der Waals surface area contributed by atoms with Gasteiger partial charge in [-0.15, -0.1) is 0 Å². The summed E-state index contributed by atoms with van der Waals surface area (Å²) in [6.07, 6.45) is 6.92. The van der Waals surface area contributed by atoms with Crippen LogP contribution in [0.4, 0.5) is 0 Å². The maximum absolute atomic E-state index is 13.3. The van der Waals surface area contributed by atoms with E-state index in [0.717, 1.165) is 5.56 Å². The summed E-state index contributed by atoms with van der Waals surface area (Å²) in [5.41, 5.74) is 2.70. The number of rotatable bonds is 6. The average molecular weight is 461 g/mol. The molecule has 0 amide bonds. The quantitative estimate of drug-likeness (QED) is 0.210. The monoisotopic (exact) mass is 461 g/mol. The summed E-state index contributed by atoms with van der Waals surface area (Å²) < 4.78 is 5.67. The zero-order valence-corrected chi connectivity index (χ0v) is 18.7. The third kappa shape index (κ3) is 4.22. The largest absolute Gasteiger partial charge is 0.440 e. The van der Waals surface area contributed by atoms with Crippen molar-refractivity contribution in [3.05, 3.63) is 112 Å². The zero-order valence-electron chi connectivity index (χ0n) is 18.7. The second-order valence-electron chi connectivity index (χ2n) is 7.88. The molecule has 0 spiro atoms. The molecule has 3 heterocycles. The van der Waals surface area contributed by atoms with Crippen molar-refractivity contribution in [1.82, 2.24) is 15.0 Å². The minimum absolute atomic E-state index is 0.000748. The molecule has 0 aliphatic carbocycles. The SMILES string of the molecule is Cc1nc(C=O)c(-c2ccc3[nH]c(=O)c(C(=O)/C=C/c4ccccc4)c(-c4cccnc4)c3c2)o1. The first-order valence-corrected chi connectivity index (χ1v) is 10.9. The topological polar surface area (TPSA) is 106 Å². The predicted octanol–water partition coefficient (Wildman–Crippen LogP) is 5.26. The number of hydrogen-bond acceptors (Lipinski definition) is 6. The Labute approximate surface area is 199 Å². The number of H-pyrrole nitrogens is 1. The summed E-state index contributed by atoms with van der Waals surface area (Å²) in [6.45, 7) is 1.66. The minimum atomic E-state index is -0.504. The predicted molar refractivity (Wildman–Crippen MR) is 133 cm³/mol. The van der Waals surface area contributed by atoms with Gasteiger partial charge in [0.25, 0.3) is 5.56 Å². The van der Waals surface area contributed by atoms with Crippen molar-refractivity contribution in [2.75, 3.05) is 0 Å². The van der Waals surface area contributed by atoms with Gasteiger partial charge in [0.2, 0.25) is 0 Å². The molecule has 5 rings (SSSR count). The van der Waals surface area contributed by atoms with Gasteiger partial charge in [0.15, 0.2) is 23.7 Å². The number of nitrogens with one attached hydrogen (secondary N) is 1. The molecule has 7 nitrogen and oxygen atoms in total. The van der Waals surface area contributed by atoms with Crippen LogP contribution in [0.1, 0.15) is 32.3 Å². The van der Waals surface area contributed by atoms with Crippen molar-refractivity contribution in [3.8, 4) is 22.5 Å². The molecule has 3 aromatic heterocycles. The fourth-order valence-electron chi connectivity index (χ4n) is 4.03. The Bertz CT molecular complexity index is 1650. The Morgan fingerprint density at radius 1 is 1.03 bits per heavy atom. The van der Waals surface area contributed by atoms with Crippen LogP contribution in [-0.4, -0.2) is 27.0 Å². The number of aryl methyl sites for hydroxylation is 1. The van der Waals surface area contributed by atoms with E-state index in [-0.39, 0.29) is 11.3 Å². The van der Waals surface area contributed by atoms with E-state index < -0.39 is 11.3 Å². The molecule has 0 aliphatic rings. The molecular weight excluding hydrogens is 442 g/mol. The van der Waals surface area contributed by atoms with Crippen molar-refractivity contribution in [3.63, 3.8) is 0 Å². The number of benzene rings is 2. The van der Waals surface area contributed by atoms with Crippen molar-refractivity contribution in [1.29, 1.82) is 0 Å². The van der Waals surface area contributed by atoms with E-state index in [1.165, 1.54) is 6.08 Å². The molecule has 7 heteroatoms. The summed E-state index contributed by atoms with van der Waals surface area (Å²) in [4.78, 5) is 49.1. The first-order valence-electron chi connectivity index (χ1n) is 10.9. The Morgan fingerprint density at radius 2 is 1.86 bits per heavy atom. The number of fused-ring (bicyclic) bond motifs is 1. The molecule has 35 heavy (non-hydrogen) atoms. The molecule has 0 aliphatic heterocycles. The molecule has 1 N–H and O–H groups in total. The highest BCUT2D eigenvalue weighted by atomic mass is 16.4. The molecule has 0 saturated carbocycles. The number of carbonyl (C=O) groups is 2. The van der Waals surface area contributed by atoms with Gasteiger partial charge in [-0.25, -0.2) is 4.98 Å². The molecule has 2 aromatic carbocycles. The fraction of sp³-hybridized carbons (Fsp3) is 0.0357. The Morgan fingerprint density at radius 3 is 2.60 bits per heavy atom. The van der Waals surface area contributed by atoms with E-state index in [1.807, 2.05) is 30.3 Å². The molecular formula is C28H19N3O4. The van der Waals surface area contributed by atoms with Crippen LogP contribution >= 0.6 is 0 Å². The second-order valence-corrected chi connectivity index (χ2v) is 7.88. The van der Waals surface area contributed by atoms with Crippen molar-refractivity contribution in [2.45, 2.75) is 6.92 Å². The van der Waals surface area contributed by atoms with Crippen LogP contribution in [0.25, 0.3) is 39.4 Å². The van der Waals surface area contributed by atoms with Gasteiger partial charge < -0.3 is 9.40 Å². The maximum atomic E-state index is 13.3. The second kappa shape index (κ2) is 9.15. The van der Waals surface area contributed by atoms with Gasteiger partial charge >= 0.3 is 0 Å². The minimum Gasteiger partial charge on any atom is -0.440 e. The molecule has 0 unspecified atom stereocenters. The molecule has 5 aromatic rings. The molecule has 170 valence electrons. The lowest BCUT2D eigenvalue weighted by atomic mass is 9.93. The Kier molecular flexibility index (Phi) is 5.73. The van der Waals surface area contributed by atoms with Crippen LogP contribution in [-0.2, 0) is 0 Å². The number of aldehydes is 1. The van der Waals surface area contributed by atoms with Crippen LogP contribution in [0.15, 0.2) is 88.3 Å². The lowest BCUT2D eigenvalue weighted by molar-refractivity contribution is 0.104. The van der Waals surface area contributed by atoms with Gasteiger partial charge in [-0.1, -0.05) is 42.5 Å². The molecule has 0 bridgehead atoms. The van der Waals surface area contributed by atoms with E-state index in [0.29, 0.717) is 45.5 Å². The van der Waals surface area contributed by atoms with E-state index in [9.17, 15) is 14.4 Å². The lowest BCUT2D eigenvalue weighted by Gasteiger charge is -2.12. The first kappa shape index (κ1) is 21.9. The van der Waals surface area contributed by atoms with Crippen molar-refractivity contribution >= 4 is 29.0 Å². The summed E-state index contributed by atoms with van der Waals surface area (Å²) >= 11 is 0. The highest BCUT2D eigenvalue weighted by Gasteiger charge is 2.21. The van der Waals surface area contributed by atoms with E-state index >= 15 is 0 Å². The van der Waals surface area contributed by atoms with Gasteiger partial charge in [0.1, 0.15) is 5.69 Å². The standard InChI is InChI=1S/C28H19N3O4/c1-17-30-23(16-32)27(35-17)19-10-11-22-21(14-19)25(20-8-5-13-29-15-20)26(28(34)31-22)24(33)12-9-18-6-3-2-4-7-18/h2-16H,1H3,(H,31,34)/b12-9+.